The standard InChI is InChI=1S/C12H9Br2NO3/c13-8-2-1-3-9(14)11(8)15-6-7-4-5-10(18-7)12(16)17/h1-5,15H,6H2,(H,16,17). The van der Waals surface area contributed by atoms with Crippen LogP contribution in [0.1, 0.15) is 16.3 Å². The fraction of sp³-hybridized carbons (Fsp3) is 0.0833. The van der Waals surface area contributed by atoms with Crippen LogP contribution in [0.4, 0.5) is 5.69 Å². The van der Waals surface area contributed by atoms with Gasteiger partial charge in [-0.15, -0.1) is 0 Å². The maximum absolute atomic E-state index is 10.7. The summed E-state index contributed by atoms with van der Waals surface area (Å²) in [6.07, 6.45) is 0. The number of nitrogens with one attached hydrogen (secondary N) is 1. The van der Waals surface area contributed by atoms with E-state index in [0.717, 1.165) is 14.6 Å². The number of benzene rings is 1. The first-order valence-corrected chi connectivity index (χ1v) is 6.66. The Morgan fingerprint density at radius 1 is 1.22 bits per heavy atom. The molecule has 1 aromatic heterocycles. The van der Waals surface area contributed by atoms with Gasteiger partial charge in [0, 0.05) is 8.95 Å². The first kappa shape index (κ1) is 13.2. The zero-order valence-electron chi connectivity index (χ0n) is 9.11. The van der Waals surface area contributed by atoms with Crippen LogP contribution >= 0.6 is 31.9 Å². The quantitative estimate of drug-likeness (QED) is 0.845. The largest absolute Gasteiger partial charge is 0.475 e. The molecule has 0 atom stereocenters. The second-order valence-electron chi connectivity index (χ2n) is 3.52. The third-order valence-electron chi connectivity index (χ3n) is 2.27. The van der Waals surface area contributed by atoms with Gasteiger partial charge in [0.25, 0.3) is 0 Å². The lowest BCUT2D eigenvalue weighted by Gasteiger charge is -2.09. The Hall–Kier alpha value is -1.27. The summed E-state index contributed by atoms with van der Waals surface area (Å²) in [6, 6.07) is 8.82. The number of aromatic carboxylic acids is 1. The number of hydrogen-bond acceptors (Lipinski definition) is 3. The van der Waals surface area contributed by atoms with Gasteiger partial charge in [0.2, 0.25) is 5.76 Å². The number of furan rings is 1. The van der Waals surface area contributed by atoms with Crippen molar-refractivity contribution in [3.05, 3.63) is 50.8 Å². The van der Waals surface area contributed by atoms with Crippen LogP contribution in [0.5, 0.6) is 0 Å². The van der Waals surface area contributed by atoms with Crippen LogP contribution in [0.3, 0.4) is 0 Å². The minimum Gasteiger partial charge on any atom is -0.475 e. The van der Waals surface area contributed by atoms with Crippen molar-refractivity contribution < 1.29 is 14.3 Å². The summed E-state index contributed by atoms with van der Waals surface area (Å²) >= 11 is 6.86. The van der Waals surface area contributed by atoms with Gasteiger partial charge in [0.05, 0.1) is 12.2 Å². The Labute approximate surface area is 120 Å². The number of para-hydroxylation sites is 1. The highest BCUT2D eigenvalue weighted by atomic mass is 79.9. The maximum Gasteiger partial charge on any atom is 0.371 e. The van der Waals surface area contributed by atoms with Crippen molar-refractivity contribution in [1.29, 1.82) is 0 Å². The normalized spacial score (nSPS) is 10.3. The summed E-state index contributed by atoms with van der Waals surface area (Å²) < 4.78 is 6.99. The summed E-state index contributed by atoms with van der Waals surface area (Å²) in [4.78, 5) is 10.7. The number of anilines is 1. The monoisotopic (exact) mass is 373 g/mol. The second-order valence-corrected chi connectivity index (χ2v) is 5.23. The molecule has 2 N–H and O–H groups in total. The summed E-state index contributed by atoms with van der Waals surface area (Å²) in [5, 5.41) is 11.9. The summed E-state index contributed by atoms with van der Waals surface area (Å²) in [5.41, 5.74) is 0.894. The number of carbonyl (C=O) groups is 1. The van der Waals surface area contributed by atoms with E-state index in [1.165, 1.54) is 6.07 Å². The van der Waals surface area contributed by atoms with Crippen LogP contribution in [0.25, 0.3) is 0 Å². The van der Waals surface area contributed by atoms with Crippen LogP contribution in [-0.4, -0.2) is 11.1 Å². The van der Waals surface area contributed by atoms with E-state index < -0.39 is 5.97 Å². The zero-order valence-corrected chi connectivity index (χ0v) is 12.3. The average molecular weight is 375 g/mol. The average Bonchev–Trinajstić information content (AvgIpc) is 2.77. The predicted octanol–water partition coefficient (Wildman–Crippen LogP) is 4.11. The lowest BCUT2D eigenvalue weighted by atomic mass is 10.3. The van der Waals surface area contributed by atoms with E-state index in [1.807, 2.05) is 18.2 Å². The van der Waals surface area contributed by atoms with Crippen LogP contribution in [0, 0.1) is 0 Å². The molecule has 0 saturated carbocycles. The van der Waals surface area contributed by atoms with Crippen LogP contribution in [0.2, 0.25) is 0 Å². The Morgan fingerprint density at radius 2 is 1.89 bits per heavy atom. The fourth-order valence-corrected chi connectivity index (χ4v) is 2.71. The van der Waals surface area contributed by atoms with Gasteiger partial charge in [0.15, 0.2) is 0 Å². The minimum atomic E-state index is -1.07. The van der Waals surface area contributed by atoms with Gasteiger partial charge >= 0.3 is 5.97 Å². The van der Waals surface area contributed by atoms with Crippen molar-refractivity contribution in [1.82, 2.24) is 0 Å². The topological polar surface area (TPSA) is 62.5 Å². The molecule has 0 aliphatic carbocycles. The summed E-state index contributed by atoms with van der Waals surface area (Å²) in [5.74, 6) is -0.559. The van der Waals surface area contributed by atoms with Crippen LogP contribution in [0.15, 0.2) is 43.7 Å². The molecule has 2 aromatic rings. The van der Waals surface area contributed by atoms with Crippen molar-refractivity contribution >= 4 is 43.5 Å². The fourth-order valence-electron chi connectivity index (χ4n) is 1.43. The van der Waals surface area contributed by atoms with Crippen molar-refractivity contribution in [2.75, 3.05) is 5.32 Å². The number of rotatable bonds is 4. The molecule has 4 nitrogen and oxygen atoms in total. The molecule has 0 radical (unpaired) electrons. The van der Waals surface area contributed by atoms with Gasteiger partial charge in [0.1, 0.15) is 5.76 Å². The second kappa shape index (κ2) is 5.58. The highest BCUT2D eigenvalue weighted by molar-refractivity contribution is 9.11. The van der Waals surface area contributed by atoms with E-state index in [-0.39, 0.29) is 5.76 Å². The highest BCUT2D eigenvalue weighted by Crippen LogP contribution is 2.30. The van der Waals surface area contributed by atoms with Gasteiger partial charge in [-0.1, -0.05) is 6.07 Å². The molecule has 0 aliphatic heterocycles. The molecule has 94 valence electrons. The van der Waals surface area contributed by atoms with Crippen molar-refractivity contribution in [3.63, 3.8) is 0 Å². The van der Waals surface area contributed by atoms with Crippen molar-refractivity contribution in [3.8, 4) is 0 Å². The Bertz CT molecular complexity index is 560. The number of hydrogen-bond donors (Lipinski definition) is 2. The molecule has 0 saturated heterocycles. The zero-order chi connectivity index (χ0) is 13.1. The smallest absolute Gasteiger partial charge is 0.371 e. The SMILES string of the molecule is O=C(O)c1ccc(CNc2c(Br)cccc2Br)o1. The van der Waals surface area contributed by atoms with E-state index in [2.05, 4.69) is 37.2 Å². The highest BCUT2D eigenvalue weighted by Gasteiger charge is 2.10. The molecule has 18 heavy (non-hydrogen) atoms. The van der Waals surface area contributed by atoms with E-state index >= 15 is 0 Å². The lowest BCUT2D eigenvalue weighted by Crippen LogP contribution is -2.00. The molecular formula is C12H9Br2NO3. The van der Waals surface area contributed by atoms with Gasteiger partial charge in [-0.2, -0.15) is 0 Å². The molecule has 0 aliphatic rings. The Balaban J connectivity index is 2.09. The molecule has 0 fully saturated rings. The summed E-state index contributed by atoms with van der Waals surface area (Å²) in [6.45, 7) is 0.411. The Kier molecular flexibility index (Phi) is 4.08. The molecule has 2 rings (SSSR count). The first-order valence-electron chi connectivity index (χ1n) is 5.08. The predicted molar refractivity (Wildman–Crippen MR) is 74.8 cm³/mol. The molecule has 0 bridgehead atoms. The molecule has 0 unspecified atom stereocenters. The molecule has 0 spiro atoms. The van der Waals surface area contributed by atoms with Gasteiger partial charge in [-0.3, -0.25) is 0 Å². The third-order valence-corrected chi connectivity index (χ3v) is 3.60. The van der Waals surface area contributed by atoms with E-state index in [9.17, 15) is 4.79 Å². The number of carboxylic acid groups (broad SMARTS) is 1. The first-order chi connectivity index (χ1) is 8.58. The van der Waals surface area contributed by atoms with Crippen molar-refractivity contribution in [2.45, 2.75) is 6.54 Å². The van der Waals surface area contributed by atoms with E-state index in [0.29, 0.717) is 12.3 Å². The van der Waals surface area contributed by atoms with Crippen LogP contribution in [-0.2, 0) is 6.54 Å². The third kappa shape index (κ3) is 2.94. The number of carboxylic acids is 1. The maximum atomic E-state index is 10.7. The molecule has 1 aromatic carbocycles. The number of halogens is 2. The van der Waals surface area contributed by atoms with E-state index in [4.69, 9.17) is 9.52 Å². The molecule has 0 amide bonds. The van der Waals surface area contributed by atoms with Gasteiger partial charge in [-0.25, -0.2) is 4.79 Å². The molecule has 1 heterocycles. The minimum absolute atomic E-state index is 0.0574. The molecular weight excluding hydrogens is 366 g/mol. The van der Waals surface area contributed by atoms with Crippen LogP contribution < -0.4 is 5.32 Å². The molecule has 6 heteroatoms. The summed E-state index contributed by atoms with van der Waals surface area (Å²) in [7, 11) is 0. The van der Waals surface area contributed by atoms with Gasteiger partial charge in [-0.05, 0) is 56.1 Å². The Morgan fingerprint density at radius 3 is 2.44 bits per heavy atom. The van der Waals surface area contributed by atoms with Crippen molar-refractivity contribution in [2.24, 2.45) is 0 Å². The lowest BCUT2D eigenvalue weighted by molar-refractivity contribution is 0.0660. The van der Waals surface area contributed by atoms with E-state index in [1.54, 1.807) is 6.07 Å². The van der Waals surface area contributed by atoms with Gasteiger partial charge < -0.3 is 14.8 Å².